The van der Waals surface area contributed by atoms with E-state index in [0.29, 0.717) is 45.8 Å². The minimum Gasteiger partial charge on any atom is -0.378 e. The smallest absolute Gasteiger partial charge is 0.224 e. The predicted molar refractivity (Wildman–Crippen MR) is 75.7 cm³/mol. The second-order valence-electron chi connectivity index (χ2n) is 4.39. The number of pyridine rings is 1. The molecule has 1 fully saturated rings. The van der Waals surface area contributed by atoms with Crippen molar-refractivity contribution in [2.45, 2.75) is 13.0 Å². The summed E-state index contributed by atoms with van der Waals surface area (Å²) in [5, 5.41) is 3.23. The van der Waals surface area contributed by atoms with E-state index in [1.54, 1.807) is 6.20 Å². The predicted octanol–water partition coefficient (Wildman–Crippen LogP) is 1.18. The molecule has 0 aliphatic carbocycles. The summed E-state index contributed by atoms with van der Waals surface area (Å²) in [7, 11) is 0. The minimum atomic E-state index is 0.194. The van der Waals surface area contributed by atoms with Crippen molar-refractivity contribution in [1.82, 2.24) is 15.2 Å². The fourth-order valence-corrected chi connectivity index (χ4v) is 2.13. The Hall–Kier alpha value is -0.980. The van der Waals surface area contributed by atoms with Crippen LogP contribution >= 0.6 is 15.9 Å². The van der Waals surface area contributed by atoms with Gasteiger partial charge in [-0.25, -0.2) is 0 Å². The first-order chi connectivity index (χ1) is 9.25. The first-order valence-electron chi connectivity index (χ1n) is 6.42. The van der Waals surface area contributed by atoms with E-state index < -0.39 is 0 Å². The molecule has 0 radical (unpaired) electrons. The van der Waals surface area contributed by atoms with Crippen LogP contribution in [0.5, 0.6) is 0 Å². The standard InChI is InChI=1S/C13H18BrN3O2/c14-11-1-2-12(16-9-11)10-15-4-3-13(18)17-5-7-19-8-6-17/h1-2,9,15H,3-8,10H2. The van der Waals surface area contributed by atoms with E-state index in [4.69, 9.17) is 4.74 Å². The number of morpholine rings is 1. The van der Waals surface area contributed by atoms with Crippen molar-refractivity contribution in [1.29, 1.82) is 0 Å². The van der Waals surface area contributed by atoms with Crippen LogP contribution in [0.2, 0.25) is 0 Å². The van der Waals surface area contributed by atoms with Crippen LogP contribution in [-0.2, 0) is 16.1 Å². The van der Waals surface area contributed by atoms with Crippen LogP contribution in [0.15, 0.2) is 22.8 Å². The van der Waals surface area contributed by atoms with Gasteiger partial charge in [-0.15, -0.1) is 0 Å². The van der Waals surface area contributed by atoms with Crippen molar-refractivity contribution in [2.24, 2.45) is 0 Å². The fourth-order valence-electron chi connectivity index (χ4n) is 1.89. The van der Waals surface area contributed by atoms with Crippen LogP contribution in [0.1, 0.15) is 12.1 Å². The zero-order chi connectivity index (χ0) is 13.5. The molecular weight excluding hydrogens is 310 g/mol. The summed E-state index contributed by atoms with van der Waals surface area (Å²) < 4.78 is 6.19. The quantitative estimate of drug-likeness (QED) is 0.825. The molecule has 1 amide bonds. The van der Waals surface area contributed by atoms with Crippen molar-refractivity contribution in [3.8, 4) is 0 Å². The number of nitrogens with zero attached hydrogens (tertiary/aromatic N) is 2. The maximum Gasteiger partial charge on any atom is 0.224 e. The number of halogens is 1. The number of hydrogen-bond acceptors (Lipinski definition) is 4. The van der Waals surface area contributed by atoms with Crippen LogP contribution in [-0.4, -0.2) is 48.6 Å². The highest BCUT2D eigenvalue weighted by Crippen LogP contribution is 2.07. The lowest BCUT2D eigenvalue weighted by atomic mass is 10.3. The van der Waals surface area contributed by atoms with Crippen molar-refractivity contribution < 1.29 is 9.53 Å². The first kappa shape index (κ1) is 14.4. The van der Waals surface area contributed by atoms with Gasteiger partial charge in [-0.05, 0) is 28.1 Å². The number of hydrogen-bond donors (Lipinski definition) is 1. The number of ether oxygens (including phenoxy) is 1. The molecule has 1 aromatic rings. The summed E-state index contributed by atoms with van der Waals surface area (Å²) in [4.78, 5) is 18.0. The molecule has 0 spiro atoms. The van der Waals surface area contributed by atoms with Crippen molar-refractivity contribution in [3.63, 3.8) is 0 Å². The first-order valence-corrected chi connectivity index (χ1v) is 7.21. The van der Waals surface area contributed by atoms with Gasteiger partial charge in [-0.1, -0.05) is 0 Å². The second kappa shape index (κ2) is 7.57. The van der Waals surface area contributed by atoms with Gasteiger partial charge in [0.15, 0.2) is 0 Å². The third-order valence-electron chi connectivity index (χ3n) is 2.97. The highest BCUT2D eigenvalue weighted by Gasteiger charge is 2.15. The molecule has 5 nitrogen and oxygen atoms in total. The third kappa shape index (κ3) is 4.89. The number of aromatic nitrogens is 1. The van der Waals surface area contributed by atoms with Gasteiger partial charge in [-0.3, -0.25) is 9.78 Å². The summed E-state index contributed by atoms with van der Waals surface area (Å²) in [5.74, 6) is 0.194. The maximum absolute atomic E-state index is 11.9. The van der Waals surface area contributed by atoms with Crippen molar-refractivity contribution in [2.75, 3.05) is 32.8 Å². The molecule has 1 aliphatic rings. The summed E-state index contributed by atoms with van der Waals surface area (Å²) in [6, 6.07) is 3.92. The Morgan fingerprint density at radius 2 is 2.21 bits per heavy atom. The highest BCUT2D eigenvalue weighted by molar-refractivity contribution is 9.10. The van der Waals surface area contributed by atoms with Gasteiger partial charge in [-0.2, -0.15) is 0 Å². The summed E-state index contributed by atoms with van der Waals surface area (Å²) >= 11 is 3.35. The van der Waals surface area contributed by atoms with Gasteiger partial charge in [0, 0.05) is 43.3 Å². The molecule has 2 heterocycles. The maximum atomic E-state index is 11.9. The van der Waals surface area contributed by atoms with Crippen molar-refractivity contribution in [3.05, 3.63) is 28.5 Å². The molecule has 6 heteroatoms. The highest BCUT2D eigenvalue weighted by atomic mass is 79.9. The molecule has 0 bridgehead atoms. The molecule has 1 N–H and O–H groups in total. The van der Waals surface area contributed by atoms with E-state index in [0.717, 1.165) is 10.2 Å². The Labute approximate surface area is 121 Å². The number of nitrogens with one attached hydrogen (secondary N) is 1. The van der Waals surface area contributed by atoms with Gasteiger partial charge < -0.3 is 15.0 Å². The molecule has 0 aromatic carbocycles. The third-order valence-corrected chi connectivity index (χ3v) is 3.44. The number of rotatable bonds is 5. The van der Waals surface area contributed by atoms with Crippen molar-refractivity contribution >= 4 is 21.8 Å². The molecule has 1 saturated heterocycles. The molecule has 104 valence electrons. The second-order valence-corrected chi connectivity index (χ2v) is 5.30. The summed E-state index contributed by atoms with van der Waals surface area (Å²) in [5.41, 5.74) is 0.974. The van der Waals surface area contributed by atoms with E-state index in [9.17, 15) is 4.79 Å². The van der Waals surface area contributed by atoms with Crippen LogP contribution in [0.4, 0.5) is 0 Å². The SMILES string of the molecule is O=C(CCNCc1ccc(Br)cn1)N1CCOCC1. The molecule has 0 saturated carbocycles. The van der Waals surface area contributed by atoms with E-state index in [1.807, 2.05) is 17.0 Å². The Morgan fingerprint density at radius 1 is 1.42 bits per heavy atom. The molecule has 19 heavy (non-hydrogen) atoms. The normalized spacial score (nSPS) is 15.5. The van der Waals surface area contributed by atoms with Crippen LogP contribution in [0.25, 0.3) is 0 Å². The summed E-state index contributed by atoms with van der Waals surface area (Å²) in [6.07, 6.45) is 2.30. The van der Waals surface area contributed by atoms with Gasteiger partial charge >= 0.3 is 0 Å². The molecule has 2 rings (SSSR count). The Bertz CT molecular complexity index is 405. The largest absolute Gasteiger partial charge is 0.378 e. The number of amides is 1. The van der Waals surface area contributed by atoms with Crippen LogP contribution in [0.3, 0.4) is 0 Å². The van der Waals surface area contributed by atoms with Gasteiger partial charge in [0.2, 0.25) is 5.91 Å². The van der Waals surface area contributed by atoms with E-state index in [-0.39, 0.29) is 5.91 Å². The zero-order valence-corrected chi connectivity index (χ0v) is 12.4. The fraction of sp³-hybridized carbons (Fsp3) is 0.538. The number of carbonyl (C=O) groups is 1. The number of carbonyl (C=O) groups excluding carboxylic acids is 1. The van der Waals surface area contributed by atoms with Gasteiger partial charge in [0.05, 0.1) is 18.9 Å². The monoisotopic (exact) mass is 327 g/mol. The molecule has 1 aromatic heterocycles. The van der Waals surface area contributed by atoms with E-state index in [1.165, 1.54) is 0 Å². The average molecular weight is 328 g/mol. The Balaban J connectivity index is 1.63. The molecule has 1 aliphatic heterocycles. The minimum absolute atomic E-state index is 0.194. The zero-order valence-electron chi connectivity index (χ0n) is 10.8. The lowest BCUT2D eigenvalue weighted by Crippen LogP contribution is -2.41. The lowest BCUT2D eigenvalue weighted by molar-refractivity contribution is -0.135. The molecule has 0 atom stereocenters. The van der Waals surface area contributed by atoms with Gasteiger partial charge in [0.1, 0.15) is 0 Å². The topological polar surface area (TPSA) is 54.5 Å². The van der Waals surface area contributed by atoms with E-state index >= 15 is 0 Å². The van der Waals surface area contributed by atoms with Gasteiger partial charge in [0.25, 0.3) is 0 Å². The Morgan fingerprint density at radius 3 is 2.89 bits per heavy atom. The van der Waals surface area contributed by atoms with Crippen LogP contribution in [0, 0.1) is 0 Å². The lowest BCUT2D eigenvalue weighted by Gasteiger charge is -2.26. The van der Waals surface area contributed by atoms with E-state index in [2.05, 4.69) is 26.2 Å². The summed E-state index contributed by atoms with van der Waals surface area (Å²) in [6.45, 7) is 4.10. The Kier molecular flexibility index (Phi) is 5.75. The molecular formula is C13H18BrN3O2. The molecule has 0 unspecified atom stereocenters. The average Bonchev–Trinajstić information content (AvgIpc) is 2.46. The van der Waals surface area contributed by atoms with Crippen LogP contribution < -0.4 is 5.32 Å².